The second-order valence-corrected chi connectivity index (χ2v) is 4.86. The molecule has 5 heteroatoms. The molecule has 0 spiro atoms. The summed E-state index contributed by atoms with van der Waals surface area (Å²) in [7, 11) is 0. The monoisotopic (exact) mass is 271 g/mol. The van der Waals surface area contributed by atoms with Gasteiger partial charge in [-0.05, 0) is 25.0 Å². The third kappa shape index (κ3) is 3.80. The minimum absolute atomic E-state index is 0.166. The van der Waals surface area contributed by atoms with Crippen LogP contribution in [0.1, 0.15) is 41.6 Å². The number of nitrogens with one attached hydrogen (secondary N) is 1. The van der Waals surface area contributed by atoms with Gasteiger partial charge in [0.2, 0.25) is 0 Å². The van der Waals surface area contributed by atoms with E-state index in [1.807, 2.05) is 0 Å². The minimum Gasteiger partial charge on any atom is -0.307 e. The number of hydrogen-bond donors (Lipinski definition) is 1. The van der Waals surface area contributed by atoms with Crippen LogP contribution in [0.25, 0.3) is 0 Å². The summed E-state index contributed by atoms with van der Waals surface area (Å²) in [6.45, 7) is 0.191. The highest BCUT2D eigenvalue weighted by Crippen LogP contribution is 2.29. The normalized spacial score (nSPS) is 16.8. The summed E-state index contributed by atoms with van der Waals surface area (Å²) in [6.07, 6.45) is 0.128. The molecule has 0 unspecified atom stereocenters. The molecule has 0 atom stereocenters. The molecule has 19 heavy (non-hydrogen) atoms. The number of halogens is 3. The van der Waals surface area contributed by atoms with Gasteiger partial charge in [0, 0.05) is 11.6 Å². The van der Waals surface area contributed by atoms with E-state index in [0.717, 1.165) is 25.0 Å². The zero-order valence-corrected chi connectivity index (χ0v) is 10.5. The van der Waals surface area contributed by atoms with Gasteiger partial charge in [-0.25, -0.2) is 0 Å². The van der Waals surface area contributed by atoms with Gasteiger partial charge >= 0.3 is 6.18 Å². The van der Waals surface area contributed by atoms with Gasteiger partial charge in [-0.1, -0.05) is 25.0 Å². The summed E-state index contributed by atoms with van der Waals surface area (Å²) in [4.78, 5) is 11.8. The maximum Gasteiger partial charge on any atom is 0.416 e. The van der Waals surface area contributed by atoms with Gasteiger partial charge in [0.05, 0.1) is 12.1 Å². The van der Waals surface area contributed by atoms with E-state index in [-0.39, 0.29) is 12.3 Å². The first-order valence-electron chi connectivity index (χ1n) is 6.40. The van der Waals surface area contributed by atoms with Gasteiger partial charge in [0.1, 0.15) is 0 Å². The Kier molecular flexibility index (Phi) is 4.24. The zero-order valence-electron chi connectivity index (χ0n) is 10.5. The molecule has 1 aromatic carbocycles. The van der Waals surface area contributed by atoms with Crippen molar-refractivity contribution in [3.63, 3.8) is 0 Å². The van der Waals surface area contributed by atoms with Crippen molar-refractivity contribution >= 4 is 5.78 Å². The number of rotatable bonds is 4. The minimum atomic E-state index is -4.36. The molecule has 1 saturated carbocycles. The van der Waals surface area contributed by atoms with Crippen LogP contribution in [-0.4, -0.2) is 18.4 Å². The molecule has 2 rings (SSSR count). The van der Waals surface area contributed by atoms with Crippen LogP contribution in [0, 0.1) is 0 Å². The van der Waals surface area contributed by atoms with E-state index in [2.05, 4.69) is 5.32 Å². The van der Waals surface area contributed by atoms with Crippen molar-refractivity contribution in [3.8, 4) is 0 Å². The van der Waals surface area contributed by atoms with Crippen molar-refractivity contribution in [1.29, 1.82) is 0 Å². The first-order chi connectivity index (χ1) is 8.97. The molecule has 2 nitrogen and oxygen atoms in total. The summed E-state index contributed by atoms with van der Waals surface area (Å²) in [5.41, 5.74) is -0.411. The molecule has 0 bridgehead atoms. The van der Waals surface area contributed by atoms with E-state index >= 15 is 0 Å². The molecule has 1 aliphatic rings. The fraction of sp³-hybridized carbons (Fsp3) is 0.500. The second-order valence-electron chi connectivity index (χ2n) is 4.86. The molecule has 104 valence electrons. The number of carbonyl (C=O) groups is 1. The highest BCUT2D eigenvalue weighted by Gasteiger charge is 2.30. The van der Waals surface area contributed by atoms with E-state index in [0.29, 0.717) is 11.6 Å². The first-order valence-corrected chi connectivity index (χ1v) is 6.40. The summed E-state index contributed by atoms with van der Waals surface area (Å²) >= 11 is 0. The lowest BCUT2D eigenvalue weighted by molar-refractivity contribution is -0.137. The van der Waals surface area contributed by atoms with Crippen LogP contribution in [0.15, 0.2) is 24.3 Å². The Bertz CT molecular complexity index is 433. The Hall–Kier alpha value is -1.36. The van der Waals surface area contributed by atoms with Gasteiger partial charge in [-0.2, -0.15) is 13.2 Å². The molecule has 1 N–H and O–H groups in total. The summed E-state index contributed by atoms with van der Waals surface area (Å²) < 4.78 is 37.1. The van der Waals surface area contributed by atoms with E-state index < -0.39 is 11.7 Å². The molecule has 0 saturated heterocycles. The standard InChI is InChI=1S/C14H16F3NO/c15-14(16,17)11-7-5-10(6-8-11)13(19)9-18-12-3-1-2-4-12/h5-8,12,18H,1-4,9H2. The Morgan fingerprint density at radius 1 is 1.16 bits per heavy atom. The highest BCUT2D eigenvalue weighted by molar-refractivity contribution is 5.97. The largest absolute Gasteiger partial charge is 0.416 e. The van der Waals surface area contributed by atoms with Crippen molar-refractivity contribution in [1.82, 2.24) is 5.32 Å². The van der Waals surface area contributed by atoms with Gasteiger partial charge in [-0.15, -0.1) is 0 Å². The predicted molar refractivity (Wildman–Crippen MR) is 66.0 cm³/mol. The smallest absolute Gasteiger partial charge is 0.307 e. The van der Waals surface area contributed by atoms with E-state index in [9.17, 15) is 18.0 Å². The topological polar surface area (TPSA) is 29.1 Å². The molecule has 1 aromatic rings. The number of hydrogen-bond acceptors (Lipinski definition) is 2. The predicted octanol–water partition coefficient (Wildman–Crippen LogP) is 3.42. The third-order valence-electron chi connectivity index (χ3n) is 3.44. The molecule has 0 aliphatic heterocycles. The van der Waals surface area contributed by atoms with Crippen LogP contribution in [0.5, 0.6) is 0 Å². The first kappa shape index (κ1) is 14.1. The number of benzene rings is 1. The summed E-state index contributed by atoms with van der Waals surface area (Å²) in [6, 6.07) is 4.74. The van der Waals surface area contributed by atoms with Crippen LogP contribution in [-0.2, 0) is 6.18 Å². The number of ketones is 1. The molecular weight excluding hydrogens is 255 g/mol. The molecule has 0 heterocycles. The lowest BCUT2D eigenvalue weighted by Gasteiger charge is -2.11. The maximum absolute atomic E-state index is 12.4. The van der Waals surface area contributed by atoms with E-state index in [1.54, 1.807) is 0 Å². The Balaban J connectivity index is 1.92. The molecule has 0 amide bonds. The SMILES string of the molecule is O=C(CNC1CCCC1)c1ccc(C(F)(F)F)cc1. The second kappa shape index (κ2) is 5.74. The van der Waals surface area contributed by atoms with Crippen LogP contribution in [0.2, 0.25) is 0 Å². The van der Waals surface area contributed by atoms with Crippen LogP contribution < -0.4 is 5.32 Å². The van der Waals surface area contributed by atoms with Gasteiger partial charge in [0.15, 0.2) is 5.78 Å². The van der Waals surface area contributed by atoms with Gasteiger partial charge < -0.3 is 5.32 Å². The molecule has 0 aromatic heterocycles. The van der Waals surface area contributed by atoms with Crippen molar-refractivity contribution in [2.75, 3.05) is 6.54 Å². The van der Waals surface area contributed by atoms with Crippen LogP contribution in [0.4, 0.5) is 13.2 Å². The average molecular weight is 271 g/mol. The Morgan fingerprint density at radius 2 is 1.74 bits per heavy atom. The number of alkyl halides is 3. The quantitative estimate of drug-likeness (QED) is 0.850. The fourth-order valence-corrected chi connectivity index (χ4v) is 2.31. The summed E-state index contributed by atoms with van der Waals surface area (Å²) in [5, 5.41) is 3.15. The lowest BCUT2D eigenvalue weighted by atomic mass is 10.1. The third-order valence-corrected chi connectivity index (χ3v) is 3.44. The Morgan fingerprint density at radius 3 is 2.26 bits per heavy atom. The van der Waals surface area contributed by atoms with Crippen molar-refractivity contribution in [2.45, 2.75) is 37.9 Å². The van der Waals surface area contributed by atoms with Crippen molar-refractivity contribution in [3.05, 3.63) is 35.4 Å². The average Bonchev–Trinajstić information content (AvgIpc) is 2.88. The lowest BCUT2D eigenvalue weighted by Crippen LogP contribution is -2.31. The van der Waals surface area contributed by atoms with E-state index in [4.69, 9.17) is 0 Å². The van der Waals surface area contributed by atoms with Crippen LogP contribution >= 0.6 is 0 Å². The number of carbonyl (C=O) groups excluding carboxylic acids is 1. The van der Waals surface area contributed by atoms with Crippen molar-refractivity contribution in [2.24, 2.45) is 0 Å². The van der Waals surface area contributed by atoms with Gasteiger partial charge in [-0.3, -0.25) is 4.79 Å². The molecule has 1 fully saturated rings. The highest BCUT2D eigenvalue weighted by atomic mass is 19.4. The molecule has 0 radical (unpaired) electrons. The Labute approximate surface area is 110 Å². The number of Topliss-reactive ketones (excluding diaryl/α,β-unsaturated/α-hetero) is 1. The molecular formula is C14H16F3NO. The van der Waals surface area contributed by atoms with Crippen LogP contribution in [0.3, 0.4) is 0 Å². The molecule has 1 aliphatic carbocycles. The van der Waals surface area contributed by atoms with Gasteiger partial charge in [0.25, 0.3) is 0 Å². The maximum atomic E-state index is 12.4. The zero-order chi connectivity index (χ0) is 13.9. The summed E-state index contributed by atoms with van der Waals surface area (Å²) in [5.74, 6) is -0.166. The fourth-order valence-electron chi connectivity index (χ4n) is 2.31. The van der Waals surface area contributed by atoms with Crippen molar-refractivity contribution < 1.29 is 18.0 Å². The van der Waals surface area contributed by atoms with E-state index in [1.165, 1.54) is 25.0 Å².